The molecule has 17 heavy (non-hydrogen) atoms. The first-order valence-electron chi connectivity index (χ1n) is 6.11. The van der Waals surface area contributed by atoms with Gasteiger partial charge in [0.05, 0.1) is 0 Å². The molecule has 1 rings (SSSR count). The van der Waals surface area contributed by atoms with E-state index in [1.54, 1.807) is 0 Å². The zero-order valence-corrected chi connectivity index (χ0v) is 12.3. The van der Waals surface area contributed by atoms with Crippen LogP contribution >= 0.6 is 23.2 Å². The second-order valence-electron chi connectivity index (χ2n) is 4.99. The lowest BCUT2D eigenvalue weighted by Gasteiger charge is -2.19. The van der Waals surface area contributed by atoms with Gasteiger partial charge in [-0.2, -0.15) is 0 Å². The molecule has 1 atom stereocenters. The monoisotopic (exact) mass is 273 g/mol. The topological polar surface area (TPSA) is 12.0 Å². The Morgan fingerprint density at radius 3 is 2.53 bits per heavy atom. The molecule has 0 spiro atoms. The fourth-order valence-corrected chi connectivity index (χ4v) is 2.59. The summed E-state index contributed by atoms with van der Waals surface area (Å²) in [4.78, 5) is 0. The van der Waals surface area contributed by atoms with E-state index in [-0.39, 0.29) is 0 Å². The average molecular weight is 274 g/mol. The summed E-state index contributed by atoms with van der Waals surface area (Å²) in [5.41, 5.74) is 1.15. The van der Waals surface area contributed by atoms with Crippen molar-refractivity contribution in [2.75, 3.05) is 13.6 Å². The Hall–Kier alpha value is -0.240. The minimum atomic E-state index is 0.607. The quantitative estimate of drug-likeness (QED) is 0.809. The molecular weight excluding hydrogens is 253 g/mol. The van der Waals surface area contributed by atoms with Crippen LogP contribution < -0.4 is 5.32 Å². The van der Waals surface area contributed by atoms with Gasteiger partial charge >= 0.3 is 0 Å². The van der Waals surface area contributed by atoms with Crippen LogP contribution in [0, 0.1) is 11.8 Å². The Kier molecular flexibility index (Phi) is 6.32. The molecule has 0 saturated heterocycles. The Bertz CT molecular complexity index is 350. The number of benzene rings is 1. The van der Waals surface area contributed by atoms with Gasteiger partial charge in [0.2, 0.25) is 0 Å². The second kappa shape index (κ2) is 7.25. The first-order valence-corrected chi connectivity index (χ1v) is 6.87. The van der Waals surface area contributed by atoms with Crippen molar-refractivity contribution in [2.24, 2.45) is 11.8 Å². The third-order valence-corrected chi connectivity index (χ3v) is 3.42. The van der Waals surface area contributed by atoms with Crippen molar-refractivity contribution in [3.05, 3.63) is 33.8 Å². The predicted octanol–water partition coefficient (Wildman–Crippen LogP) is 4.42. The van der Waals surface area contributed by atoms with Crippen LogP contribution in [0.1, 0.15) is 25.8 Å². The molecule has 0 aliphatic carbocycles. The van der Waals surface area contributed by atoms with Gasteiger partial charge in [0, 0.05) is 10.0 Å². The van der Waals surface area contributed by atoms with Crippen molar-refractivity contribution in [1.82, 2.24) is 5.32 Å². The van der Waals surface area contributed by atoms with Crippen molar-refractivity contribution in [3.63, 3.8) is 0 Å². The van der Waals surface area contributed by atoms with Gasteiger partial charge in [0.15, 0.2) is 0 Å². The van der Waals surface area contributed by atoms with Crippen LogP contribution in [-0.2, 0) is 6.42 Å². The number of halogens is 2. The van der Waals surface area contributed by atoms with Crippen molar-refractivity contribution >= 4 is 23.2 Å². The molecule has 0 amide bonds. The number of rotatable bonds is 6. The highest BCUT2D eigenvalue weighted by Gasteiger charge is 2.13. The van der Waals surface area contributed by atoms with E-state index in [0.29, 0.717) is 11.8 Å². The molecular formula is C14H21Cl2N. The molecule has 1 N–H and O–H groups in total. The Morgan fingerprint density at radius 1 is 1.24 bits per heavy atom. The lowest BCUT2D eigenvalue weighted by atomic mass is 9.91. The molecule has 0 heterocycles. The maximum atomic E-state index is 6.20. The summed E-state index contributed by atoms with van der Waals surface area (Å²) < 4.78 is 0. The second-order valence-corrected chi connectivity index (χ2v) is 5.84. The minimum absolute atomic E-state index is 0.607. The molecule has 0 fully saturated rings. The Balaban J connectivity index is 2.74. The van der Waals surface area contributed by atoms with E-state index in [2.05, 4.69) is 19.2 Å². The molecule has 0 aliphatic heterocycles. The predicted molar refractivity (Wildman–Crippen MR) is 77.0 cm³/mol. The number of hydrogen-bond acceptors (Lipinski definition) is 1. The van der Waals surface area contributed by atoms with E-state index >= 15 is 0 Å². The molecule has 0 radical (unpaired) electrons. The summed E-state index contributed by atoms with van der Waals surface area (Å²) in [6, 6.07) is 5.70. The maximum absolute atomic E-state index is 6.20. The zero-order valence-electron chi connectivity index (χ0n) is 10.8. The summed E-state index contributed by atoms with van der Waals surface area (Å²) in [5.74, 6) is 1.31. The smallest absolute Gasteiger partial charge is 0.0439 e. The lowest BCUT2D eigenvalue weighted by Crippen LogP contribution is -2.22. The molecule has 0 aliphatic rings. The van der Waals surface area contributed by atoms with Crippen molar-refractivity contribution < 1.29 is 0 Å². The van der Waals surface area contributed by atoms with E-state index in [0.717, 1.165) is 28.6 Å². The van der Waals surface area contributed by atoms with Gasteiger partial charge in [-0.25, -0.2) is 0 Å². The van der Waals surface area contributed by atoms with Gasteiger partial charge in [-0.05, 0) is 62.0 Å². The molecule has 0 saturated carbocycles. The first-order chi connectivity index (χ1) is 8.02. The third-order valence-electron chi connectivity index (χ3n) is 2.81. The molecule has 1 aromatic carbocycles. The van der Waals surface area contributed by atoms with Gasteiger partial charge in [0.25, 0.3) is 0 Å². The van der Waals surface area contributed by atoms with E-state index in [1.807, 2.05) is 25.2 Å². The van der Waals surface area contributed by atoms with Crippen LogP contribution in [0.3, 0.4) is 0 Å². The van der Waals surface area contributed by atoms with E-state index < -0.39 is 0 Å². The molecule has 96 valence electrons. The maximum Gasteiger partial charge on any atom is 0.0439 e. The molecule has 1 unspecified atom stereocenters. The zero-order chi connectivity index (χ0) is 12.8. The minimum Gasteiger partial charge on any atom is -0.319 e. The van der Waals surface area contributed by atoms with Crippen LogP contribution in [0.25, 0.3) is 0 Å². The van der Waals surface area contributed by atoms with Crippen LogP contribution in [0.2, 0.25) is 10.0 Å². The van der Waals surface area contributed by atoms with Gasteiger partial charge < -0.3 is 5.32 Å². The van der Waals surface area contributed by atoms with Crippen LogP contribution in [0.15, 0.2) is 18.2 Å². The van der Waals surface area contributed by atoms with Crippen LogP contribution in [0.5, 0.6) is 0 Å². The highest BCUT2D eigenvalue weighted by atomic mass is 35.5. The standard InChI is InChI=1S/C14H21Cl2N/c1-10(2)6-11(9-17-3)7-12-8-13(15)4-5-14(12)16/h4-5,8,10-11,17H,6-7,9H2,1-3H3. The molecule has 1 aromatic rings. The average Bonchev–Trinajstić information content (AvgIpc) is 2.23. The number of nitrogens with one attached hydrogen (secondary N) is 1. The molecule has 3 heteroatoms. The SMILES string of the molecule is CNCC(Cc1cc(Cl)ccc1Cl)CC(C)C. The Labute approximate surface area is 115 Å². The van der Waals surface area contributed by atoms with E-state index in [9.17, 15) is 0 Å². The summed E-state index contributed by atoms with van der Waals surface area (Å²) in [7, 11) is 1.99. The van der Waals surface area contributed by atoms with Gasteiger partial charge in [0.1, 0.15) is 0 Å². The van der Waals surface area contributed by atoms with Crippen LogP contribution in [0.4, 0.5) is 0 Å². The first kappa shape index (κ1) is 14.8. The van der Waals surface area contributed by atoms with Gasteiger partial charge in [-0.3, -0.25) is 0 Å². The molecule has 1 nitrogen and oxygen atoms in total. The van der Waals surface area contributed by atoms with Gasteiger partial charge in [-0.15, -0.1) is 0 Å². The normalized spacial score (nSPS) is 13.1. The third kappa shape index (κ3) is 5.29. The van der Waals surface area contributed by atoms with Crippen molar-refractivity contribution in [1.29, 1.82) is 0 Å². The summed E-state index contributed by atoms with van der Waals surface area (Å²) >= 11 is 12.2. The highest BCUT2D eigenvalue weighted by molar-refractivity contribution is 6.33. The van der Waals surface area contributed by atoms with Crippen molar-refractivity contribution in [3.8, 4) is 0 Å². The molecule has 0 bridgehead atoms. The largest absolute Gasteiger partial charge is 0.319 e. The fourth-order valence-electron chi connectivity index (χ4n) is 2.20. The number of hydrogen-bond donors (Lipinski definition) is 1. The van der Waals surface area contributed by atoms with E-state index in [1.165, 1.54) is 6.42 Å². The van der Waals surface area contributed by atoms with Crippen LogP contribution in [-0.4, -0.2) is 13.6 Å². The summed E-state index contributed by atoms with van der Waals surface area (Å²) in [6.45, 7) is 5.52. The van der Waals surface area contributed by atoms with E-state index in [4.69, 9.17) is 23.2 Å². The summed E-state index contributed by atoms with van der Waals surface area (Å²) in [6.07, 6.45) is 2.18. The van der Waals surface area contributed by atoms with Crippen molar-refractivity contribution in [2.45, 2.75) is 26.7 Å². The fraction of sp³-hybridized carbons (Fsp3) is 0.571. The lowest BCUT2D eigenvalue weighted by molar-refractivity contribution is 0.395. The molecule has 0 aromatic heterocycles. The summed E-state index contributed by atoms with van der Waals surface area (Å²) in [5, 5.41) is 4.83. The Morgan fingerprint density at radius 2 is 1.94 bits per heavy atom. The highest BCUT2D eigenvalue weighted by Crippen LogP contribution is 2.25. The van der Waals surface area contributed by atoms with Gasteiger partial charge in [-0.1, -0.05) is 37.0 Å².